The molecule has 0 aliphatic rings. The Bertz CT molecular complexity index is 2620. The molecule has 35 heteroatoms. The van der Waals surface area contributed by atoms with Crippen molar-refractivity contribution >= 4 is 110 Å². The van der Waals surface area contributed by atoms with Gasteiger partial charge in [-0.3, -0.25) is 18.4 Å². The molecule has 0 saturated heterocycles. The van der Waals surface area contributed by atoms with Crippen LogP contribution in [0.25, 0.3) is 10.8 Å². The van der Waals surface area contributed by atoms with Crippen LogP contribution in [-0.4, -0.2) is 72.5 Å². The molecule has 4 rings (SSSR count). The van der Waals surface area contributed by atoms with Gasteiger partial charge in [-0.25, -0.2) is 38.7 Å². The molecule has 4 aromatic rings. The first-order chi connectivity index (χ1) is 26.3. The van der Waals surface area contributed by atoms with Gasteiger partial charge in [-0.05, 0) is 41.8 Å². The van der Waals surface area contributed by atoms with Crippen LogP contribution < -0.4 is 140 Å². The summed E-state index contributed by atoms with van der Waals surface area (Å²) in [4.78, 5) is 0.954. The number of rotatable bonds is 20. The minimum atomic E-state index is -5.37. The number of hydrogen-bond donors (Lipinski definition) is 2. The second kappa shape index (κ2) is 28.2. The predicted molar refractivity (Wildman–Crippen MR) is 190 cm³/mol. The van der Waals surface area contributed by atoms with E-state index in [2.05, 4.69) is 48.4 Å². The molecular weight excluding hydrogens is 983 g/mol. The van der Waals surface area contributed by atoms with E-state index in [-0.39, 0.29) is 177 Å². The van der Waals surface area contributed by atoms with Crippen molar-refractivity contribution in [3.63, 3.8) is 0 Å². The zero-order chi connectivity index (χ0) is 41.3. The van der Waals surface area contributed by atoms with Gasteiger partial charge in [-0.2, -0.15) is 0 Å². The second-order valence-corrected chi connectivity index (χ2v) is 18.1. The summed E-state index contributed by atoms with van der Waals surface area (Å²) < 4.78 is 141. The van der Waals surface area contributed by atoms with Gasteiger partial charge >= 0.3 is 118 Å². The number of hydrogen-bond acceptors (Lipinski definition) is 27. The van der Waals surface area contributed by atoms with Gasteiger partial charge in [0, 0.05) is 11.5 Å². The minimum absolute atomic E-state index is 0. The van der Waals surface area contributed by atoms with Gasteiger partial charge in [0.15, 0.2) is 56.0 Å². The van der Waals surface area contributed by atoms with E-state index >= 15 is 0 Å². The maximum atomic E-state index is 12.7. The van der Waals surface area contributed by atoms with E-state index in [0.717, 1.165) is 42.5 Å². The summed E-state index contributed by atoms with van der Waals surface area (Å²) in [6, 6.07) is 8.81. The van der Waals surface area contributed by atoms with Crippen molar-refractivity contribution in [1.29, 1.82) is 0 Å². The van der Waals surface area contributed by atoms with Crippen LogP contribution in [0.5, 0.6) is 0 Å². The standard InChI is InChI=1S/C25H25N7O18S6.CH4.4Na/c26-24-20(31-29-18-6-3-16(12-22(18)55(39,40)41)54(37,38)10-8-46-52-50-48-34)13-21(25(27)28-24)32-30-19-5-1-14-11-15(2-4-17(14)23(19)56(42,43)44)53(35,36)9-7-45-51-49-47-33;;;;;/h1-6,11-13,33-34H,7-10H2,(H4,26,27,28)(H,39,40,41)(H,42,43,44);1H4;;;;/q;;4*+1/p-4. The van der Waals surface area contributed by atoms with Crippen molar-refractivity contribution in [3.05, 3.63) is 54.6 Å². The topological polar surface area (TPSA) is 399 Å². The smallest absolute Gasteiger partial charge is 0.744 e. The number of pyridine rings is 1. The molecule has 0 unspecified atom stereocenters. The molecule has 312 valence electrons. The van der Waals surface area contributed by atoms with Crippen molar-refractivity contribution in [2.45, 2.75) is 27.0 Å². The van der Waals surface area contributed by atoms with E-state index in [4.69, 9.17) is 15.7 Å². The third kappa shape index (κ3) is 18.3. The SMILES string of the molecule is C.Nc1nc(N)c(N=Nc2ccc3cc(S(=O)(=O)CCOSOO[O-])ccc3c2S(=O)(=O)[O-])cc1N=Nc1ccc(S(=O)(=O)CCOSOO[O-])cc1S(=O)(=O)[O-].[Na+].[Na+].[Na+].[Na+]. The maximum absolute atomic E-state index is 12.7. The molecule has 0 radical (unpaired) electrons. The Balaban J connectivity index is 0. The molecule has 61 heavy (non-hydrogen) atoms. The van der Waals surface area contributed by atoms with Crippen LogP contribution in [0, 0.1) is 0 Å². The fourth-order valence-corrected chi connectivity index (χ4v) is 8.72. The second-order valence-electron chi connectivity index (χ2n) is 10.2. The molecule has 0 saturated carbocycles. The molecular formula is C26H25N7Na4O18S6. The number of nitrogen functional groups attached to an aromatic ring is 2. The number of anilines is 2. The van der Waals surface area contributed by atoms with Crippen LogP contribution in [0.1, 0.15) is 7.43 Å². The van der Waals surface area contributed by atoms with E-state index in [1.54, 1.807) is 0 Å². The molecule has 0 bridgehead atoms. The van der Waals surface area contributed by atoms with E-state index in [9.17, 15) is 53.3 Å². The first-order valence-corrected chi connectivity index (χ1v) is 21.7. The molecule has 1 aromatic heterocycles. The van der Waals surface area contributed by atoms with Crippen LogP contribution in [0.3, 0.4) is 0 Å². The quantitative estimate of drug-likeness (QED) is 0.0158. The summed E-state index contributed by atoms with van der Waals surface area (Å²) in [5.74, 6) is -2.13. The van der Waals surface area contributed by atoms with Crippen molar-refractivity contribution in [3.8, 4) is 0 Å². The summed E-state index contributed by atoms with van der Waals surface area (Å²) in [5.41, 5.74) is 9.92. The van der Waals surface area contributed by atoms with Crippen LogP contribution in [0.4, 0.5) is 34.4 Å². The van der Waals surface area contributed by atoms with Gasteiger partial charge in [0.1, 0.15) is 43.0 Å². The van der Waals surface area contributed by atoms with Gasteiger partial charge in [0.2, 0.25) is 0 Å². The summed E-state index contributed by atoms with van der Waals surface area (Å²) in [6.07, 6.45) is 0. The van der Waals surface area contributed by atoms with Crippen LogP contribution in [0.15, 0.2) is 94.6 Å². The Labute approximate surface area is 445 Å². The summed E-state index contributed by atoms with van der Waals surface area (Å²) in [5, 5.41) is 40.5. The maximum Gasteiger partial charge on any atom is 1.00 e. The van der Waals surface area contributed by atoms with Crippen LogP contribution in [0.2, 0.25) is 0 Å². The number of sulfone groups is 2. The molecule has 0 spiro atoms. The van der Waals surface area contributed by atoms with E-state index in [0.29, 0.717) is 6.07 Å². The van der Waals surface area contributed by atoms with E-state index in [1.165, 1.54) is 6.07 Å². The zero-order valence-electron chi connectivity index (χ0n) is 31.2. The van der Waals surface area contributed by atoms with E-state index in [1.807, 2.05) is 0 Å². The number of nitrogens with two attached hydrogens (primary N) is 2. The molecule has 1 heterocycles. The number of benzene rings is 3. The van der Waals surface area contributed by atoms with Gasteiger partial charge in [-0.15, -0.1) is 29.1 Å². The fourth-order valence-electron chi connectivity index (χ4n) is 4.32. The largest absolute Gasteiger partial charge is 1.00 e. The molecule has 25 nitrogen and oxygen atoms in total. The summed E-state index contributed by atoms with van der Waals surface area (Å²) in [6.45, 7) is -0.973. The van der Waals surface area contributed by atoms with Crippen molar-refractivity contribution in [1.82, 2.24) is 4.98 Å². The Hall–Kier alpha value is -0.0300. The van der Waals surface area contributed by atoms with E-state index < -0.39 is 102 Å². The minimum Gasteiger partial charge on any atom is -0.744 e. The average Bonchev–Trinajstić information content (AvgIpc) is 3.12. The summed E-state index contributed by atoms with van der Waals surface area (Å²) in [7, 11) is -18.9. The molecule has 0 fully saturated rings. The molecule has 4 N–H and O–H groups in total. The monoisotopic (exact) mass is 1010 g/mol. The Morgan fingerprint density at radius 1 is 0.590 bits per heavy atom. The van der Waals surface area contributed by atoms with Crippen molar-refractivity contribution in [2.75, 3.05) is 36.2 Å². The first kappa shape index (κ1) is 63.1. The fraction of sp³-hybridized carbons (Fsp3) is 0.192. The molecule has 3 aromatic carbocycles. The molecule has 0 amide bonds. The van der Waals surface area contributed by atoms with Gasteiger partial charge in [0.05, 0.1) is 44.3 Å². The number of nitrogens with zero attached hydrogens (tertiary/aromatic N) is 5. The Morgan fingerprint density at radius 2 is 1.03 bits per heavy atom. The normalized spacial score (nSPS) is 11.9. The predicted octanol–water partition coefficient (Wildman–Crippen LogP) is -10.2. The number of azo groups is 2. The first-order valence-electron chi connectivity index (χ1n) is 14.3. The Morgan fingerprint density at radius 3 is 1.51 bits per heavy atom. The summed E-state index contributed by atoms with van der Waals surface area (Å²) >= 11 is 0.139. The van der Waals surface area contributed by atoms with Gasteiger partial charge < -0.3 is 31.1 Å². The van der Waals surface area contributed by atoms with Crippen LogP contribution >= 0.6 is 24.6 Å². The number of fused-ring (bicyclic) bond motifs is 1. The van der Waals surface area contributed by atoms with Crippen molar-refractivity contribution < 1.29 is 199 Å². The molecule has 0 aliphatic heterocycles. The third-order valence-electron chi connectivity index (χ3n) is 6.74. The van der Waals surface area contributed by atoms with Crippen LogP contribution in [-0.2, 0) is 67.0 Å². The molecule has 0 aliphatic carbocycles. The number of aromatic nitrogens is 1. The average molecular weight is 1010 g/mol. The molecule has 0 atom stereocenters. The zero-order valence-corrected chi connectivity index (χ0v) is 44.1. The van der Waals surface area contributed by atoms with Crippen molar-refractivity contribution in [2.24, 2.45) is 20.5 Å². The van der Waals surface area contributed by atoms with Gasteiger partial charge in [-0.1, -0.05) is 19.6 Å². The van der Waals surface area contributed by atoms with Gasteiger partial charge in [0.25, 0.3) is 0 Å². The third-order valence-corrected chi connectivity index (χ3v) is 12.6. The Kier molecular flexibility index (Phi) is 29.2.